The molecule has 19 heavy (non-hydrogen) atoms. The Morgan fingerprint density at radius 2 is 2.26 bits per heavy atom. The lowest BCUT2D eigenvalue weighted by molar-refractivity contribution is 0.0419. The van der Waals surface area contributed by atoms with Crippen LogP contribution in [0.25, 0.3) is 0 Å². The van der Waals surface area contributed by atoms with Gasteiger partial charge in [-0.25, -0.2) is 0 Å². The first-order chi connectivity index (χ1) is 9.06. The maximum atomic E-state index is 11.5. The summed E-state index contributed by atoms with van der Waals surface area (Å²) < 4.78 is 4.89. The van der Waals surface area contributed by atoms with Crippen molar-refractivity contribution in [3.8, 4) is 0 Å². The van der Waals surface area contributed by atoms with Gasteiger partial charge in [-0.15, -0.1) is 0 Å². The number of aliphatic hydroxyl groups excluding tert-OH is 1. The quantitative estimate of drug-likeness (QED) is 0.754. The Balaban J connectivity index is 2.59. The average Bonchev–Trinajstić information content (AvgIpc) is 2.38. The summed E-state index contributed by atoms with van der Waals surface area (Å²) in [6.45, 7) is 1.52. The molecule has 1 rings (SSSR count). The molecule has 1 aromatic rings. The number of hydrogen-bond acceptors (Lipinski definition) is 4. The van der Waals surface area contributed by atoms with Gasteiger partial charge in [0.1, 0.15) is 0 Å². The number of aliphatic hydroxyl groups is 1. The first kappa shape index (κ1) is 15.6. The van der Waals surface area contributed by atoms with Crippen LogP contribution in [0.4, 0.5) is 0 Å². The summed E-state index contributed by atoms with van der Waals surface area (Å²) in [5, 5.41) is 12.2. The third-order valence-electron chi connectivity index (χ3n) is 2.75. The predicted octanol–water partition coefficient (Wildman–Crippen LogP) is 0.485. The van der Waals surface area contributed by atoms with E-state index in [0.717, 1.165) is 5.56 Å². The Labute approximate surface area is 114 Å². The summed E-state index contributed by atoms with van der Waals surface area (Å²) in [4.78, 5) is 13.5. The van der Waals surface area contributed by atoms with Crippen LogP contribution < -0.4 is 5.32 Å². The minimum Gasteiger partial charge on any atom is -0.389 e. The Morgan fingerprint density at radius 3 is 2.89 bits per heavy atom. The molecule has 1 aromatic carbocycles. The van der Waals surface area contributed by atoms with E-state index in [1.165, 1.54) is 0 Å². The van der Waals surface area contributed by atoms with Crippen molar-refractivity contribution in [1.82, 2.24) is 10.2 Å². The lowest BCUT2D eigenvalue weighted by Gasteiger charge is -2.20. The second-order valence-electron chi connectivity index (χ2n) is 4.59. The van der Waals surface area contributed by atoms with Crippen molar-refractivity contribution < 1.29 is 14.6 Å². The van der Waals surface area contributed by atoms with Crippen LogP contribution in [-0.4, -0.2) is 56.4 Å². The van der Waals surface area contributed by atoms with Gasteiger partial charge in [-0.3, -0.25) is 9.69 Å². The highest BCUT2D eigenvalue weighted by Crippen LogP contribution is 2.08. The van der Waals surface area contributed by atoms with E-state index in [0.29, 0.717) is 25.3 Å². The fourth-order valence-electron chi connectivity index (χ4n) is 1.94. The molecule has 0 fully saturated rings. The van der Waals surface area contributed by atoms with Crippen LogP contribution >= 0.6 is 0 Å². The molecule has 0 aliphatic rings. The number of ether oxygens (including phenoxy) is 1. The van der Waals surface area contributed by atoms with Crippen LogP contribution in [0, 0.1) is 0 Å². The second kappa shape index (κ2) is 7.89. The summed E-state index contributed by atoms with van der Waals surface area (Å²) in [6.07, 6.45) is -0.503. The predicted molar refractivity (Wildman–Crippen MR) is 74.0 cm³/mol. The standard InChI is InChI=1S/C14H22N2O3/c1-15-14(18)12-6-4-5-11(7-12)8-16(2)9-13(17)10-19-3/h4-7,13,17H,8-10H2,1-3H3,(H,15,18). The van der Waals surface area contributed by atoms with Crippen LogP contribution in [0.2, 0.25) is 0 Å². The van der Waals surface area contributed by atoms with Gasteiger partial charge in [0.05, 0.1) is 12.7 Å². The number of nitrogens with one attached hydrogen (secondary N) is 1. The molecule has 0 saturated carbocycles. The van der Waals surface area contributed by atoms with E-state index in [1.807, 2.05) is 30.1 Å². The fraction of sp³-hybridized carbons (Fsp3) is 0.500. The molecule has 0 saturated heterocycles. The minimum absolute atomic E-state index is 0.0936. The number of rotatable bonds is 7. The first-order valence-corrected chi connectivity index (χ1v) is 6.23. The van der Waals surface area contributed by atoms with Crippen LogP contribution in [0.3, 0.4) is 0 Å². The monoisotopic (exact) mass is 266 g/mol. The number of amides is 1. The molecule has 5 heteroatoms. The van der Waals surface area contributed by atoms with Crippen LogP contribution in [-0.2, 0) is 11.3 Å². The highest BCUT2D eigenvalue weighted by molar-refractivity contribution is 5.94. The lowest BCUT2D eigenvalue weighted by atomic mass is 10.1. The van der Waals surface area contributed by atoms with Gasteiger partial charge in [0.25, 0.3) is 5.91 Å². The van der Waals surface area contributed by atoms with Gasteiger partial charge in [0.15, 0.2) is 0 Å². The van der Waals surface area contributed by atoms with Crippen molar-refractivity contribution in [2.75, 3.05) is 34.4 Å². The Hall–Kier alpha value is -1.43. The molecule has 0 radical (unpaired) electrons. The Kier molecular flexibility index (Phi) is 6.49. The van der Waals surface area contributed by atoms with Gasteiger partial charge in [0, 0.05) is 32.8 Å². The third kappa shape index (κ3) is 5.38. The van der Waals surface area contributed by atoms with E-state index >= 15 is 0 Å². The number of hydrogen-bond donors (Lipinski definition) is 2. The highest BCUT2D eigenvalue weighted by atomic mass is 16.5. The topological polar surface area (TPSA) is 61.8 Å². The molecule has 1 unspecified atom stereocenters. The number of methoxy groups -OCH3 is 1. The van der Waals surface area contributed by atoms with Crippen molar-refractivity contribution in [3.63, 3.8) is 0 Å². The second-order valence-corrected chi connectivity index (χ2v) is 4.59. The van der Waals surface area contributed by atoms with Crippen molar-refractivity contribution in [2.24, 2.45) is 0 Å². The number of benzene rings is 1. The molecule has 0 heterocycles. The first-order valence-electron chi connectivity index (χ1n) is 6.23. The van der Waals surface area contributed by atoms with Gasteiger partial charge in [-0.05, 0) is 24.7 Å². The number of likely N-dealkylation sites (N-methyl/N-ethyl adjacent to an activating group) is 1. The molecule has 0 aliphatic carbocycles. The van der Waals surface area contributed by atoms with E-state index < -0.39 is 6.10 Å². The van der Waals surface area contributed by atoms with Gasteiger partial charge in [0.2, 0.25) is 0 Å². The zero-order valence-corrected chi connectivity index (χ0v) is 11.7. The van der Waals surface area contributed by atoms with Gasteiger partial charge in [-0.2, -0.15) is 0 Å². The summed E-state index contributed by atoms with van der Waals surface area (Å²) in [5.74, 6) is -0.0936. The van der Waals surface area contributed by atoms with Crippen LogP contribution in [0.1, 0.15) is 15.9 Å². The molecule has 2 N–H and O–H groups in total. The zero-order chi connectivity index (χ0) is 14.3. The maximum Gasteiger partial charge on any atom is 0.251 e. The average molecular weight is 266 g/mol. The molecule has 0 bridgehead atoms. The van der Waals surface area contributed by atoms with Gasteiger partial charge < -0.3 is 15.2 Å². The van der Waals surface area contributed by atoms with Crippen molar-refractivity contribution >= 4 is 5.91 Å². The molecule has 1 amide bonds. The van der Waals surface area contributed by atoms with E-state index in [1.54, 1.807) is 20.2 Å². The fourth-order valence-corrected chi connectivity index (χ4v) is 1.94. The zero-order valence-electron chi connectivity index (χ0n) is 11.7. The summed E-state index contributed by atoms with van der Waals surface area (Å²) in [6, 6.07) is 7.46. The summed E-state index contributed by atoms with van der Waals surface area (Å²) >= 11 is 0. The largest absolute Gasteiger partial charge is 0.389 e. The lowest BCUT2D eigenvalue weighted by Crippen LogP contribution is -2.31. The molecule has 1 atom stereocenters. The molecule has 106 valence electrons. The van der Waals surface area contributed by atoms with Gasteiger partial charge in [-0.1, -0.05) is 12.1 Å². The Morgan fingerprint density at radius 1 is 1.53 bits per heavy atom. The highest BCUT2D eigenvalue weighted by Gasteiger charge is 2.09. The van der Waals surface area contributed by atoms with Crippen molar-refractivity contribution in [3.05, 3.63) is 35.4 Å². The molecular weight excluding hydrogens is 244 g/mol. The van der Waals surface area contributed by atoms with E-state index in [2.05, 4.69) is 5.32 Å². The van der Waals surface area contributed by atoms with E-state index in [9.17, 15) is 9.90 Å². The normalized spacial score (nSPS) is 12.5. The Bertz CT molecular complexity index is 409. The minimum atomic E-state index is -0.503. The maximum absolute atomic E-state index is 11.5. The van der Waals surface area contributed by atoms with Crippen LogP contribution in [0.15, 0.2) is 24.3 Å². The number of carbonyl (C=O) groups is 1. The molecule has 5 nitrogen and oxygen atoms in total. The van der Waals surface area contributed by atoms with Crippen molar-refractivity contribution in [1.29, 1.82) is 0 Å². The molecule has 0 spiro atoms. The van der Waals surface area contributed by atoms with E-state index in [-0.39, 0.29) is 5.91 Å². The summed E-state index contributed by atoms with van der Waals surface area (Å²) in [5.41, 5.74) is 1.68. The van der Waals surface area contributed by atoms with E-state index in [4.69, 9.17) is 4.74 Å². The SMILES string of the molecule is CNC(=O)c1cccc(CN(C)CC(O)COC)c1. The molecular formula is C14H22N2O3. The number of carbonyl (C=O) groups excluding carboxylic acids is 1. The molecule has 0 aliphatic heterocycles. The third-order valence-corrected chi connectivity index (χ3v) is 2.75. The van der Waals surface area contributed by atoms with Crippen molar-refractivity contribution in [2.45, 2.75) is 12.6 Å². The smallest absolute Gasteiger partial charge is 0.251 e. The number of nitrogens with zero attached hydrogens (tertiary/aromatic N) is 1. The molecule has 0 aromatic heterocycles. The van der Waals surface area contributed by atoms with Crippen LogP contribution in [0.5, 0.6) is 0 Å². The van der Waals surface area contributed by atoms with Gasteiger partial charge >= 0.3 is 0 Å². The summed E-state index contributed by atoms with van der Waals surface area (Å²) in [7, 11) is 5.10.